The maximum atomic E-state index is 5.25. The van der Waals surface area contributed by atoms with E-state index in [0.717, 1.165) is 5.88 Å². The number of rotatable bonds is 1. The second-order valence-corrected chi connectivity index (χ2v) is 4.81. The fraction of sp³-hybridized carbons (Fsp3) is 0.556. The van der Waals surface area contributed by atoms with Gasteiger partial charge in [-0.3, -0.25) is 0 Å². The third-order valence-corrected chi connectivity index (χ3v) is 2.52. The molecule has 12 heavy (non-hydrogen) atoms. The molecule has 0 radical (unpaired) electrons. The summed E-state index contributed by atoms with van der Waals surface area (Å²) in [6.07, 6.45) is 0. The van der Waals surface area contributed by atoms with E-state index in [1.807, 2.05) is 6.07 Å². The Morgan fingerprint density at radius 3 is 2.25 bits per heavy atom. The van der Waals surface area contributed by atoms with Gasteiger partial charge in [-0.1, -0.05) is 0 Å². The number of methoxy groups -OCH3 is 1. The highest BCUT2D eigenvalue weighted by Crippen LogP contribution is 2.27. The molecule has 0 bridgehead atoms. The van der Waals surface area contributed by atoms with Crippen LogP contribution in [0, 0.1) is 3.70 Å². The number of hydrogen-bond donors (Lipinski definition) is 0. The van der Waals surface area contributed by atoms with Crippen molar-refractivity contribution in [2.24, 2.45) is 0 Å². The Morgan fingerprint density at radius 1 is 1.33 bits per heavy atom. The summed E-state index contributed by atoms with van der Waals surface area (Å²) in [5.41, 5.74) is 0.0887. The Balaban J connectivity index is 3.19. The van der Waals surface area contributed by atoms with Crippen LogP contribution in [0.5, 0.6) is 5.88 Å². The molecule has 0 unspecified atom stereocenters. The van der Waals surface area contributed by atoms with Crippen LogP contribution < -0.4 is 4.74 Å². The maximum absolute atomic E-state index is 5.25. The van der Waals surface area contributed by atoms with Crippen molar-refractivity contribution < 1.29 is 4.74 Å². The van der Waals surface area contributed by atoms with Crippen molar-refractivity contribution in [1.29, 1.82) is 0 Å². The van der Waals surface area contributed by atoms with Gasteiger partial charge in [0, 0.05) is 11.6 Å². The van der Waals surface area contributed by atoms with E-state index < -0.39 is 0 Å². The van der Waals surface area contributed by atoms with Crippen LogP contribution in [0.4, 0.5) is 0 Å². The summed E-state index contributed by atoms with van der Waals surface area (Å²) >= 11 is 2.31. The van der Waals surface area contributed by atoms with Crippen molar-refractivity contribution in [3.05, 3.63) is 15.8 Å². The van der Waals surface area contributed by atoms with Gasteiger partial charge < -0.3 is 9.30 Å². The molecule has 0 atom stereocenters. The Hall–Kier alpha value is -0.190. The average Bonchev–Trinajstić information content (AvgIpc) is 2.29. The predicted octanol–water partition coefficient (Wildman–Crippen LogP) is 2.86. The summed E-state index contributed by atoms with van der Waals surface area (Å²) in [5, 5.41) is 0. The molecule has 1 aromatic rings. The van der Waals surface area contributed by atoms with Crippen molar-refractivity contribution in [1.82, 2.24) is 4.57 Å². The van der Waals surface area contributed by atoms with E-state index in [1.54, 1.807) is 7.11 Å². The molecule has 1 aromatic heterocycles. The highest BCUT2D eigenvalue weighted by molar-refractivity contribution is 14.1. The molecular weight excluding hydrogens is 265 g/mol. The molecule has 2 nitrogen and oxygen atoms in total. The van der Waals surface area contributed by atoms with Gasteiger partial charge in [0.2, 0.25) is 0 Å². The molecule has 0 N–H and O–H groups in total. The van der Waals surface area contributed by atoms with Gasteiger partial charge in [0.15, 0.2) is 5.88 Å². The van der Waals surface area contributed by atoms with Gasteiger partial charge in [0.1, 0.15) is 0 Å². The molecule has 68 valence electrons. The first-order chi connectivity index (χ1) is 5.46. The monoisotopic (exact) mass is 279 g/mol. The Kier molecular flexibility index (Phi) is 2.70. The van der Waals surface area contributed by atoms with Crippen LogP contribution in [0.15, 0.2) is 12.1 Å². The van der Waals surface area contributed by atoms with Crippen molar-refractivity contribution in [2.75, 3.05) is 7.11 Å². The molecule has 0 amide bonds. The van der Waals surface area contributed by atoms with Gasteiger partial charge >= 0.3 is 0 Å². The molecule has 0 aliphatic heterocycles. The van der Waals surface area contributed by atoms with E-state index in [2.05, 4.69) is 54.0 Å². The standard InChI is InChI=1S/C9H14INO/c1-9(2,3)11-7(10)5-6-8(11)12-4/h5-6H,1-4H3. The van der Waals surface area contributed by atoms with Crippen molar-refractivity contribution in [2.45, 2.75) is 26.3 Å². The summed E-state index contributed by atoms with van der Waals surface area (Å²) in [6, 6.07) is 4.05. The Bertz CT molecular complexity index is 273. The van der Waals surface area contributed by atoms with Crippen LogP contribution in [-0.2, 0) is 5.54 Å². The molecule has 0 saturated heterocycles. The van der Waals surface area contributed by atoms with Crippen LogP contribution >= 0.6 is 22.6 Å². The quantitative estimate of drug-likeness (QED) is 0.721. The zero-order valence-electron chi connectivity index (χ0n) is 7.89. The molecule has 0 spiro atoms. The van der Waals surface area contributed by atoms with Gasteiger partial charge in [0.25, 0.3) is 0 Å². The lowest BCUT2D eigenvalue weighted by Gasteiger charge is -2.24. The summed E-state index contributed by atoms with van der Waals surface area (Å²) in [5.74, 6) is 0.923. The fourth-order valence-corrected chi connectivity index (χ4v) is 2.35. The highest BCUT2D eigenvalue weighted by Gasteiger charge is 2.19. The topological polar surface area (TPSA) is 14.2 Å². The molecule has 1 rings (SSSR count). The zero-order chi connectivity index (χ0) is 9.35. The lowest BCUT2D eigenvalue weighted by Crippen LogP contribution is -2.23. The second kappa shape index (κ2) is 3.28. The lowest BCUT2D eigenvalue weighted by molar-refractivity contribution is 0.304. The lowest BCUT2D eigenvalue weighted by atomic mass is 10.1. The summed E-state index contributed by atoms with van der Waals surface area (Å²) in [4.78, 5) is 0. The van der Waals surface area contributed by atoms with Crippen LogP contribution in [0.1, 0.15) is 20.8 Å². The van der Waals surface area contributed by atoms with E-state index in [0.29, 0.717) is 0 Å². The van der Waals surface area contributed by atoms with Crippen molar-refractivity contribution in [3.63, 3.8) is 0 Å². The number of halogens is 1. The third kappa shape index (κ3) is 1.76. The summed E-state index contributed by atoms with van der Waals surface area (Å²) in [6.45, 7) is 6.49. The van der Waals surface area contributed by atoms with E-state index in [4.69, 9.17) is 4.74 Å². The van der Waals surface area contributed by atoms with E-state index in [1.165, 1.54) is 3.70 Å². The first kappa shape index (κ1) is 9.89. The van der Waals surface area contributed by atoms with Gasteiger partial charge in [-0.25, -0.2) is 0 Å². The van der Waals surface area contributed by atoms with Gasteiger partial charge in [-0.2, -0.15) is 0 Å². The van der Waals surface area contributed by atoms with Crippen LogP contribution in [-0.4, -0.2) is 11.7 Å². The largest absolute Gasteiger partial charge is 0.482 e. The molecular formula is C9H14INO. The first-order valence-corrected chi connectivity index (χ1v) is 4.96. The minimum absolute atomic E-state index is 0.0887. The zero-order valence-corrected chi connectivity index (χ0v) is 10.0. The fourth-order valence-electron chi connectivity index (χ4n) is 1.20. The van der Waals surface area contributed by atoms with E-state index >= 15 is 0 Å². The maximum Gasteiger partial charge on any atom is 0.194 e. The highest BCUT2D eigenvalue weighted by atomic mass is 127. The minimum Gasteiger partial charge on any atom is -0.482 e. The Labute approximate surface area is 87.1 Å². The number of ether oxygens (including phenoxy) is 1. The first-order valence-electron chi connectivity index (χ1n) is 3.88. The van der Waals surface area contributed by atoms with Gasteiger partial charge in [-0.15, -0.1) is 0 Å². The second-order valence-electron chi connectivity index (χ2n) is 3.70. The molecule has 0 fully saturated rings. The molecule has 0 aliphatic carbocycles. The average molecular weight is 279 g/mol. The molecule has 1 heterocycles. The molecule has 0 aliphatic rings. The minimum atomic E-state index is 0.0887. The van der Waals surface area contributed by atoms with Gasteiger partial charge in [-0.05, 0) is 49.4 Å². The van der Waals surface area contributed by atoms with E-state index in [-0.39, 0.29) is 5.54 Å². The number of aromatic nitrogens is 1. The third-order valence-electron chi connectivity index (χ3n) is 1.68. The van der Waals surface area contributed by atoms with Gasteiger partial charge in [0.05, 0.1) is 10.8 Å². The smallest absolute Gasteiger partial charge is 0.194 e. The normalized spacial score (nSPS) is 11.8. The van der Waals surface area contributed by atoms with Crippen molar-refractivity contribution in [3.8, 4) is 5.88 Å². The summed E-state index contributed by atoms with van der Waals surface area (Å²) in [7, 11) is 1.70. The molecule has 0 aromatic carbocycles. The van der Waals surface area contributed by atoms with Crippen LogP contribution in [0.3, 0.4) is 0 Å². The predicted molar refractivity (Wildman–Crippen MR) is 58.7 cm³/mol. The molecule has 3 heteroatoms. The summed E-state index contributed by atoms with van der Waals surface area (Å²) < 4.78 is 8.63. The SMILES string of the molecule is COc1ccc(I)n1C(C)(C)C. The van der Waals surface area contributed by atoms with E-state index in [9.17, 15) is 0 Å². The number of hydrogen-bond acceptors (Lipinski definition) is 1. The number of nitrogens with zero attached hydrogens (tertiary/aromatic N) is 1. The Morgan fingerprint density at radius 2 is 1.92 bits per heavy atom. The molecule has 0 saturated carbocycles. The van der Waals surface area contributed by atoms with Crippen LogP contribution in [0.2, 0.25) is 0 Å². The van der Waals surface area contributed by atoms with Crippen LogP contribution in [0.25, 0.3) is 0 Å². The van der Waals surface area contributed by atoms with Crippen molar-refractivity contribution >= 4 is 22.6 Å².